The Kier molecular flexibility index (Phi) is 12.6. The van der Waals surface area contributed by atoms with E-state index in [9.17, 15) is 19.5 Å². The van der Waals surface area contributed by atoms with Crippen LogP contribution in [-0.4, -0.2) is 73.7 Å². The number of likely N-dealkylation sites (N-methyl/N-ethyl adjacent to an activating group) is 1. The summed E-state index contributed by atoms with van der Waals surface area (Å²) in [5, 5.41) is 10.6. The van der Waals surface area contributed by atoms with Crippen molar-refractivity contribution in [3.63, 3.8) is 0 Å². The highest BCUT2D eigenvalue weighted by atomic mass is 35.5. The van der Waals surface area contributed by atoms with Crippen LogP contribution in [0.4, 0.5) is 5.69 Å². The highest BCUT2D eigenvalue weighted by Crippen LogP contribution is 2.64. The summed E-state index contributed by atoms with van der Waals surface area (Å²) in [7, 11) is 5.54. The highest BCUT2D eigenvalue weighted by molar-refractivity contribution is 7.99. The molecule has 52 heavy (non-hydrogen) atoms. The molecule has 1 N–H and O–H groups in total. The van der Waals surface area contributed by atoms with Crippen LogP contribution in [0.15, 0.2) is 65.1 Å². The number of halogens is 1. The van der Waals surface area contributed by atoms with Gasteiger partial charge in [0.05, 0.1) is 18.0 Å². The van der Waals surface area contributed by atoms with Gasteiger partial charge in [0.2, 0.25) is 0 Å². The lowest BCUT2D eigenvalue weighted by atomic mass is 9.50. The van der Waals surface area contributed by atoms with Crippen LogP contribution in [0.1, 0.15) is 76.0 Å². The van der Waals surface area contributed by atoms with Crippen LogP contribution in [0.25, 0.3) is 0 Å². The molecule has 3 fully saturated rings. The lowest BCUT2D eigenvalue weighted by Gasteiger charge is -2.54. The van der Waals surface area contributed by atoms with Crippen molar-refractivity contribution in [2.45, 2.75) is 87.1 Å². The fourth-order valence-corrected chi connectivity index (χ4v) is 11.0. The molecule has 10 heteroatoms. The Morgan fingerprint density at radius 3 is 2.44 bits per heavy atom. The third-order valence-electron chi connectivity index (χ3n) is 12.4. The Labute approximate surface area is 319 Å². The van der Waals surface area contributed by atoms with Gasteiger partial charge < -0.3 is 24.4 Å². The number of ether oxygens (including phenoxy) is 2. The van der Waals surface area contributed by atoms with Gasteiger partial charge in [0.1, 0.15) is 11.4 Å². The molecule has 0 radical (unpaired) electrons. The van der Waals surface area contributed by atoms with Crippen molar-refractivity contribution in [1.82, 2.24) is 4.90 Å². The number of benzene rings is 2. The average Bonchev–Trinajstić information content (AvgIpc) is 3.34. The van der Waals surface area contributed by atoms with Gasteiger partial charge in [0.25, 0.3) is 5.91 Å². The van der Waals surface area contributed by atoms with Crippen LogP contribution in [0.5, 0.6) is 5.75 Å². The lowest BCUT2D eigenvalue weighted by molar-refractivity contribution is -0.152. The van der Waals surface area contributed by atoms with E-state index >= 15 is 0 Å². The highest BCUT2D eigenvalue weighted by Gasteiger charge is 2.61. The molecule has 280 valence electrons. The number of hydrogen-bond acceptors (Lipinski definition) is 8. The largest absolute Gasteiger partial charge is 0.497 e. The summed E-state index contributed by atoms with van der Waals surface area (Å²) in [5.41, 5.74) is 2.17. The second-order valence-corrected chi connectivity index (χ2v) is 16.6. The molecule has 1 aliphatic heterocycles. The molecule has 2 aromatic rings. The number of anilines is 1. The van der Waals surface area contributed by atoms with Crippen molar-refractivity contribution in [3.05, 3.63) is 65.7 Å². The lowest BCUT2D eigenvalue weighted by Crippen LogP contribution is -2.52. The van der Waals surface area contributed by atoms with Crippen molar-refractivity contribution < 1.29 is 29.0 Å². The summed E-state index contributed by atoms with van der Waals surface area (Å²) in [5.74, 6) is 5.71. The molecule has 4 aliphatic carbocycles. The van der Waals surface area contributed by atoms with Gasteiger partial charge in [-0.15, -0.1) is 30.6 Å². The maximum absolute atomic E-state index is 13.6. The number of para-hydroxylation sites is 1. The van der Waals surface area contributed by atoms with Gasteiger partial charge >= 0.3 is 5.97 Å². The molecule has 0 aromatic heterocycles. The summed E-state index contributed by atoms with van der Waals surface area (Å²) < 4.78 is 10.8. The molecule has 0 bridgehead atoms. The van der Waals surface area contributed by atoms with Gasteiger partial charge in [0, 0.05) is 36.7 Å². The number of fused-ring (bicyclic) bond motifs is 6. The molecule has 3 saturated carbocycles. The zero-order valence-corrected chi connectivity index (χ0v) is 32.6. The first-order valence-electron chi connectivity index (χ1n) is 18.4. The summed E-state index contributed by atoms with van der Waals surface area (Å²) in [4.78, 5) is 41.9. The molecule has 0 unspecified atom stereocenters. The fourth-order valence-electron chi connectivity index (χ4n) is 9.67. The maximum Gasteiger partial charge on any atom is 0.303 e. The van der Waals surface area contributed by atoms with E-state index in [2.05, 4.69) is 12.8 Å². The van der Waals surface area contributed by atoms with E-state index in [0.29, 0.717) is 42.5 Å². The molecular weight excluding hydrogens is 696 g/mol. The number of thioether (sulfide) groups is 1. The first-order chi connectivity index (χ1) is 24.4. The fraction of sp³-hybridized carbons (Fsp3) is 0.548. The number of carbonyl (C=O) groups is 3. The molecular formula is C42H53ClN2O6S. The molecule has 7 rings (SSSR count). The number of methoxy groups -OCH3 is 1. The van der Waals surface area contributed by atoms with Crippen LogP contribution in [0.3, 0.4) is 0 Å². The zero-order chi connectivity index (χ0) is 36.5. The van der Waals surface area contributed by atoms with Gasteiger partial charge in [-0.1, -0.05) is 42.7 Å². The summed E-state index contributed by atoms with van der Waals surface area (Å²) in [6.07, 6.45) is 14.8. The number of allylic oxidation sites excluding steroid dienone is 1. The van der Waals surface area contributed by atoms with Gasteiger partial charge in [-0.2, -0.15) is 0 Å². The number of esters is 1. The van der Waals surface area contributed by atoms with Crippen molar-refractivity contribution in [2.24, 2.45) is 29.1 Å². The molecule has 0 spiro atoms. The minimum absolute atomic E-state index is 0. The smallest absolute Gasteiger partial charge is 0.303 e. The minimum Gasteiger partial charge on any atom is -0.497 e. The Bertz CT molecular complexity index is 1710. The third-order valence-corrected chi connectivity index (χ3v) is 13.8. The van der Waals surface area contributed by atoms with E-state index in [0.717, 1.165) is 66.8 Å². The molecule has 5 aliphatic rings. The second kappa shape index (κ2) is 16.4. The number of nitrogens with zero attached hydrogens (tertiary/aromatic N) is 2. The summed E-state index contributed by atoms with van der Waals surface area (Å²) >= 11 is 1.54. The Morgan fingerprint density at radius 2 is 1.77 bits per heavy atom. The number of ketones is 1. The Hall–Kier alpha value is -3.29. The molecule has 1 heterocycles. The molecule has 1 amide bonds. The number of rotatable bonds is 6. The van der Waals surface area contributed by atoms with Crippen molar-refractivity contribution in [3.8, 4) is 18.1 Å². The van der Waals surface area contributed by atoms with Gasteiger partial charge in [-0.3, -0.25) is 14.4 Å². The summed E-state index contributed by atoms with van der Waals surface area (Å²) in [6.45, 7) is 4.78. The Balaban J connectivity index is 0.000000204. The van der Waals surface area contributed by atoms with E-state index in [1.165, 1.54) is 18.9 Å². The number of terminal acetylenes is 1. The van der Waals surface area contributed by atoms with Crippen LogP contribution in [-0.2, 0) is 19.1 Å². The van der Waals surface area contributed by atoms with E-state index in [1.54, 1.807) is 23.8 Å². The normalized spacial score (nSPS) is 31.9. The van der Waals surface area contributed by atoms with E-state index in [-0.39, 0.29) is 29.0 Å². The predicted molar refractivity (Wildman–Crippen MR) is 208 cm³/mol. The average molecular weight is 749 g/mol. The quantitative estimate of drug-likeness (QED) is 0.243. The van der Waals surface area contributed by atoms with Crippen LogP contribution < -0.4 is 9.64 Å². The van der Waals surface area contributed by atoms with Crippen molar-refractivity contribution >= 4 is 47.5 Å². The minimum atomic E-state index is -0.916. The predicted octanol–water partition coefficient (Wildman–Crippen LogP) is 7.28. The third kappa shape index (κ3) is 7.68. The number of carbonyl (C=O) groups excluding carboxylic acids is 3. The molecule has 8 nitrogen and oxygen atoms in total. The van der Waals surface area contributed by atoms with Crippen LogP contribution >= 0.6 is 24.2 Å². The molecule has 8 atom stereocenters. The van der Waals surface area contributed by atoms with Crippen molar-refractivity contribution in [2.75, 3.05) is 39.2 Å². The van der Waals surface area contributed by atoms with E-state index in [1.807, 2.05) is 73.6 Å². The molecule has 2 aromatic carbocycles. The first kappa shape index (κ1) is 39.9. The first-order valence-corrected chi connectivity index (χ1v) is 19.2. The SMILES string of the molecule is C#C[C@]1(O)CC[C@H]2[C@@H]3CCC4=CC(=O)CC[C@@H]4[C@H]3CC[C@@]21C.COc1ccc([C@@H]2Sc3ccccc3N(CCN(C)C)C(=O)[C@@H]2OC(C)=O)cc1.Cl. The van der Waals surface area contributed by atoms with Gasteiger partial charge in [-0.25, -0.2) is 0 Å². The number of amides is 1. The van der Waals surface area contributed by atoms with Gasteiger partial charge in [0.15, 0.2) is 11.9 Å². The van der Waals surface area contributed by atoms with E-state index in [4.69, 9.17) is 15.9 Å². The topological polar surface area (TPSA) is 96.4 Å². The maximum atomic E-state index is 13.6. The second-order valence-electron chi connectivity index (χ2n) is 15.4. The monoisotopic (exact) mass is 748 g/mol. The van der Waals surface area contributed by atoms with Crippen LogP contribution in [0.2, 0.25) is 0 Å². The number of hydrogen-bond donors (Lipinski definition) is 1. The standard InChI is InChI=1S/C22H26N2O4S.C20H26O2.ClH/c1-15(25)28-20-21(16-9-11-17(27-4)12-10-16)29-19-8-6-5-7-18(19)24(22(20)26)14-13-23(2)3;1-3-20(22)11-9-18-17-6-4-13-12-14(21)5-7-15(13)16(17)8-10-19(18,20)2;/h5-12,20-21H,13-14H2,1-4H3;1,12,15-18,22H,4-11H2,2H3;1H/t20-,21+;15-,16+,17+,18-,19-,20-;/m10./s1. The molecule has 0 saturated heterocycles. The Morgan fingerprint density at radius 1 is 1.04 bits per heavy atom. The zero-order valence-electron chi connectivity index (χ0n) is 31.0. The van der Waals surface area contributed by atoms with E-state index < -0.39 is 17.7 Å². The van der Waals surface area contributed by atoms with Crippen LogP contribution in [0, 0.1) is 41.4 Å². The van der Waals surface area contributed by atoms with Crippen molar-refractivity contribution in [1.29, 1.82) is 0 Å². The van der Waals surface area contributed by atoms with Gasteiger partial charge in [-0.05, 0) is 119 Å². The summed E-state index contributed by atoms with van der Waals surface area (Å²) in [6, 6.07) is 15.4. The number of aliphatic hydroxyl groups is 1.